The minimum atomic E-state index is -0.564. The molecule has 0 aromatic carbocycles. The molecule has 2 heterocycles. The lowest BCUT2D eigenvalue weighted by Gasteiger charge is -2.38. The zero-order chi connectivity index (χ0) is 15.1. The summed E-state index contributed by atoms with van der Waals surface area (Å²) in [6.07, 6.45) is 1.52. The normalized spacial score (nSPS) is 26.5. The maximum atomic E-state index is 12.2. The van der Waals surface area contributed by atoms with Gasteiger partial charge in [0.1, 0.15) is 18.0 Å². The maximum Gasteiger partial charge on any atom is 0.330 e. The first-order valence-corrected chi connectivity index (χ1v) is 7.88. The Bertz CT molecular complexity index is 545. The molecular formula is C14H16BrNO3S. The molecule has 2 atom stereocenters. The van der Waals surface area contributed by atoms with Gasteiger partial charge in [0.25, 0.3) is 5.91 Å². The molecular weight excluding hydrogens is 342 g/mol. The summed E-state index contributed by atoms with van der Waals surface area (Å²) in [5.74, 6) is -0.524. The van der Waals surface area contributed by atoms with Gasteiger partial charge >= 0.3 is 5.97 Å². The summed E-state index contributed by atoms with van der Waals surface area (Å²) in [5, 5.41) is -0.119. The van der Waals surface area contributed by atoms with Gasteiger partial charge in [-0.1, -0.05) is 18.4 Å². The van der Waals surface area contributed by atoms with Crippen molar-refractivity contribution in [1.29, 1.82) is 0 Å². The van der Waals surface area contributed by atoms with E-state index in [-0.39, 0.29) is 28.6 Å². The molecule has 2 aliphatic heterocycles. The van der Waals surface area contributed by atoms with Crippen molar-refractivity contribution in [2.45, 2.75) is 36.9 Å². The number of carbonyl (C=O) groups is 2. The zero-order valence-corrected chi connectivity index (χ0v) is 14.0. The molecule has 20 heavy (non-hydrogen) atoms. The zero-order valence-electron chi connectivity index (χ0n) is 11.6. The molecule has 2 saturated heterocycles. The molecule has 0 aliphatic carbocycles. The molecule has 0 N–H and O–H groups in total. The minimum Gasteiger partial charge on any atom is -0.460 e. The number of hydrogen-bond donors (Lipinski definition) is 0. The molecule has 0 saturated carbocycles. The van der Waals surface area contributed by atoms with E-state index in [1.54, 1.807) is 16.7 Å². The first kappa shape index (κ1) is 15.4. The summed E-state index contributed by atoms with van der Waals surface area (Å²) in [7, 11) is 0. The van der Waals surface area contributed by atoms with Crippen LogP contribution in [0, 0.1) is 0 Å². The van der Waals surface area contributed by atoms with Crippen LogP contribution in [0.5, 0.6) is 0 Å². The molecule has 2 fully saturated rings. The predicted molar refractivity (Wildman–Crippen MR) is 82.4 cm³/mol. The van der Waals surface area contributed by atoms with Gasteiger partial charge in [0.15, 0.2) is 0 Å². The van der Waals surface area contributed by atoms with Crippen LogP contribution in [0.15, 0.2) is 28.4 Å². The largest absolute Gasteiger partial charge is 0.460 e. The van der Waals surface area contributed by atoms with E-state index in [4.69, 9.17) is 4.74 Å². The Hall–Kier alpha value is -0.970. The molecule has 0 spiro atoms. The number of fused-ring (bicyclic) bond motifs is 1. The van der Waals surface area contributed by atoms with Crippen LogP contribution in [0.1, 0.15) is 20.8 Å². The number of nitrogens with zero attached hydrogens (tertiary/aromatic N) is 1. The van der Waals surface area contributed by atoms with Crippen molar-refractivity contribution in [3.63, 3.8) is 0 Å². The number of carbonyl (C=O) groups excluding carboxylic acids is 2. The van der Waals surface area contributed by atoms with Gasteiger partial charge < -0.3 is 9.64 Å². The molecule has 0 bridgehead atoms. The van der Waals surface area contributed by atoms with Crippen molar-refractivity contribution in [2.24, 2.45) is 0 Å². The second-order valence-electron chi connectivity index (χ2n) is 5.18. The van der Waals surface area contributed by atoms with E-state index >= 15 is 0 Å². The summed E-state index contributed by atoms with van der Waals surface area (Å²) < 4.78 is 5.51. The highest BCUT2D eigenvalue weighted by Gasteiger charge is 2.61. The lowest BCUT2D eigenvalue weighted by atomic mass is 9.96. The number of hydrogen-bond acceptors (Lipinski definition) is 4. The van der Waals surface area contributed by atoms with Gasteiger partial charge in [-0.05, 0) is 36.7 Å². The Morgan fingerprint density at radius 3 is 2.85 bits per heavy atom. The molecule has 4 nitrogen and oxygen atoms in total. The Kier molecular flexibility index (Phi) is 4.19. The molecule has 0 aromatic rings. The van der Waals surface area contributed by atoms with E-state index in [2.05, 4.69) is 28.2 Å². The summed E-state index contributed by atoms with van der Waals surface area (Å²) in [4.78, 5) is 26.0. The fraction of sp³-hybridized carbons (Fsp3) is 0.500. The van der Waals surface area contributed by atoms with Crippen molar-refractivity contribution < 1.29 is 14.3 Å². The second-order valence-corrected chi connectivity index (χ2v) is 8.10. The van der Waals surface area contributed by atoms with Gasteiger partial charge in [0, 0.05) is 9.23 Å². The van der Waals surface area contributed by atoms with Crippen molar-refractivity contribution in [3.8, 4) is 0 Å². The first-order valence-electron chi connectivity index (χ1n) is 6.20. The van der Waals surface area contributed by atoms with E-state index in [1.165, 1.54) is 6.08 Å². The number of ether oxygens (including phenoxy) is 1. The fourth-order valence-electron chi connectivity index (χ4n) is 2.40. The number of rotatable bonds is 3. The Balaban J connectivity index is 2.29. The van der Waals surface area contributed by atoms with Crippen LogP contribution in [-0.4, -0.2) is 39.5 Å². The van der Waals surface area contributed by atoms with Gasteiger partial charge in [-0.25, -0.2) is 4.79 Å². The minimum absolute atomic E-state index is 0.119. The standard InChI is InChI=1S/C14H16BrNO3S/c1-5-6-19-13(18)10-14(3,4)20-12-9(7-8(2)15)11(17)16(10)12/h5,10,12H,1,6H2,2-4H3/t7?,10-,12+/m0/s1. The van der Waals surface area contributed by atoms with Crippen LogP contribution < -0.4 is 0 Å². The third kappa shape index (κ3) is 2.48. The van der Waals surface area contributed by atoms with Crippen molar-refractivity contribution in [2.75, 3.05) is 6.61 Å². The number of esters is 1. The molecule has 0 radical (unpaired) electrons. The lowest BCUT2D eigenvalue weighted by Crippen LogP contribution is -2.58. The molecule has 0 unspecified atom stereocenters. The summed E-state index contributed by atoms with van der Waals surface area (Å²) in [5.41, 5.74) is 3.62. The van der Waals surface area contributed by atoms with E-state index in [0.717, 1.165) is 4.48 Å². The maximum absolute atomic E-state index is 12.2. The van der Waals surface area contributed by atoms with Crippen molar-refractivity contribution >= 4 is 39.6 Å². The highest BCUT2D eigenvalue weighted by molar-refractivity contribution is 9.11. The molecule has 2 aliphatic rings. The number of amides is 1. The predicted octanol–water partition coefficient (Wildman–Crippen LogP) is 2.60. The average Bonchev–Trinajstić information content (AvgIpc) is 2.62. The van der Waals surface area contributed by atoms with Crippen LogP contribution >= 0.6 is 27.7 Å². The summed E-state index contributed by atoms with van der Waals surface area (Å²) in [6.45, 7) is 9.40. The topological polar surface area (TPSA) is 46.6 Å². The third-order valence-corrected chi connectivity index (χ3v) is 4.91. The second kappa shape index (κ2) is 5.43. The van der Waals surface area contributed by atoms with Crippen LogP contribution in [0.4, 0.5) is 0 Å². The van der Waals surface area contributed by atoms with Gasteiger partial charge in [0.05, 0.1) is 5.57 Å². The SMILES string of the molecule is C=CCOC(=O)[C@@H]1N2C(=O)C(=C=C(C)Br)[C@H]2SC1(C)C. The van der Waals surface area contributed by atoms with E-state index in [9.17, 15) is 9.59 Å². The van der Waals surface area contributed by atoms with Crippen LogP contribution in [-0.2, 0) is 14.3 Å². The number of β-lactam (4-membered cyclic amide) rings is 1. The highest BCUT2D eigenvalue weighted by Crippen LogP contribution is 2.53. The molecule has 2 rings (SSSR count). The van der Waals surface area contributed by atoms with Crippen LogP contribution in [0.2, 0.25) is 0 Å². The van der Waals surface area contributed by atoms with E-state index in [0.29, 0.717) is 5.57 Å². The number of halogens is 1. The Morgan fingerprint density at radius 2 is 2.30 bits per heavy atom. The third-order valence-electron chi connectivity index (χ3n) is 3.19. The fourth-order valence-corrected chi connectivity index (χ4v) is 4.13. The van der Waals surface area contributed by atoms with Gasteiger partial charge in [-0.3, -0.25) is 4.79 Å². The van der Waals surface area contributed by atoms with Crippen LogP contribution in [0.3, 0.4) is 0 Å². The molecule has 0 aromatic heterocycles. The van der Waals surface area contributed by atoms with Crippen molar-refractivity contribution in [3.05, 3.63) is 28.4 Å². The van der Waals surface area contributed by atoms with Crippen molar-refractivity contribution in [1.82, 2.24) is 4.90 Å². The van der Waals surface area contributed by atoms with E-state index in [1.807, 2.05) is 20.8 Å². The number of thioether (sulfide) groups is 1. The monoisotopic (exact) mass is 357 g/mol. The quantitative estimate of drug-likeness (QED) is 0.256. The Morgan fingerprint density at radius 1 is 1.65 bits per heavy atom. The van der Waals surface area contributed by atoms with Gasteiger partial charge in [0.2, 0.25) is 0 Å². The lowest BCUT2D eigenvalue weighted by molar-refractivity contribution is -0.156. The highest BCUT2D eigenvalue weighted by atomic mass is 79.9. The summed E-state index contributed by atoms with van der Waals surface area (Å²) in [6, 6.07) is -0.564. The van der Waals surface area contributed by atoms with Gasteiger partial charge in [-0.15, -0.1) is 11.8 Å². The smallest absolute Gasteiger partial charge is 0.330 e. The van der Waals surface area contributed by atoms with Crippen LogP contribution in [0.25, 0.3) is 0 Å². The van der Waals surface area contributed by atoms with E-state index < -0.39 is 6.04 Å². The molecule has 108 valence electrons. The van der Waals surface area contributed by atoms with Gasteiger partial charge in [-0.2, -0.15) is 0 Å². The first-order chi connectivity index (χ1) is 9.29. The Labute approximate surface area is 131 Å². The molecule has 1 amide bonds. The summed E-state index contributed by atoms with van der Waals surface area (Å²) >= 11 is 4.87. The molecule has 6 heteroatoms. The average molecular weight is 358 g/mol.